The molecule has 2 aromatic carbocycles. The van der Waals surface area contributed by atoms with Crippen molar-refractivity contribution in [2.24, 2.45) is 0 Å². The predicted molar refractivity (Wildman–Crippen MR) is 122 cm³/mol. The van der Waals surface area contributed by atoms with Crippen LogP contribution >= 0.6 is 0 Å². The first-order chi connectivity index (χ1) is 15.7. The number of phenolic OH excluding ortho intramolecular Hbond substituents is 1. The molecule has 162 valence electrons. The lowest BCUT2D eigenvalue weighted by atomic mass is 10.0. The summed E-state index contributed by atoms with van der Waals surface area (Å²) in [6.45, 7) is 0.606. The second kappa shape index (κ2) is 9.89. The summed E-state index contributed by atoms with van der Waals surface area (Å²) in [5.41, 5.74) is 3.92. The number of ether oxygens (including phenoxy) is 1. The maximum Gasteiger partial charge on any atom is 0.252 e. The van der Waals surface area contributed by atoms with Crippen LogP contribution in [0, 0.1) is 0 Å². The summed E-state index contributed by atoms with van der Waals surface area (Å²) in [5, 5.41) is 18.3. The van der Waals surface area contributed by atoms with Gasteiger partial charge in [-0.05, 0) is 30.3 Å². The van der Waals surface area contributed by atoms with E-state index in [1.807, 2.05) is 54.6 Å². The van der Waals surface area contributed by atoms with Gasteiger partial charge in [-0.2, -0.15) is 5.10 Å². The van der Waals surface area contributed by atoms with Gasteiger partial charge in [-0.3, -0.25) is 9.78 Å². The van der Waals surface area contributed by atoms with E-state index >= 15 is 0 Å². The van der Waals surface area contributed by atoms with Crippen molar-refractivity contribution in [1.29, 1.82) is 0 Å². The van der Waals surface area contributed by atoms with Crippen molar-refractivity contribution >= 4 is 5.91 Å². The number of phenols is 1. The van der Waals surface area contributed by atoms with E-state index in [1.54, 1.807) is 36.2 Å². The van der Waals surface area contributed by atoms with Crippen LogP contribution in [-0.4, -0.2) is 39.4 Å². The van der Waals surface area contributed by atoms with Gasteiger partial charge in [-0.1, -0.05) is 42.5 Å². The number of rotatable bonds is 8. The molecule has 0 aliphatic carbocycles. The lowest BCUT2D eigenvalue weighted by Gasteiger charge is -2.13. The molecule has 0 atom stereocenters. The Morgan fingerprint density at radius 3 is 2.62 bits per heavy atom. The van der Waals surface area contributed by atoms with Crippen molar-refractivity contribution in [2.75, 3.05) is 13.7 Å². The van der Waals surface area contributed by atoms with E-state index in [1.165, 1.54) is 0 Å². The smallest absolute Gasteiger partial charge is 0.252 e. The largest absolute Gasteiger partial charge is 0.507 e. The Labute approximate surface area is 186 Å². The van der Waals surface area contributed by atoms with E-state index in [-0.39, 0.29) is 18.4 Å². The SMILES string of the molecule is COCn1nc(-c2ccccc2)cc1-c1c(O)cccc1C(=O)NCCc1ccccn1. The Morgan fingerprint density at radius 1 is 1.06 bits per heavy atom. The fourth-order valence-electron chi connectivity index (χ4n) is 3.53. The number of pyridine rings is 1. The normalized spacial score (nSPS) is 10.8. The highest BCUT2D eigenvalue weighted by Crippen LogP contribution is 2.35. The van der Waals surface area contributed by atoms with Crippen molar-refractivity contribution in [3.63, 3.8) is 0 Å². The predicted octanol–water partition coefficient (Wildman–Crippen LogP) is 3.89. The van der Waals surface area contributed by atoms with E-state index in [0.717, 1.165) is 17.0 Å². The number of hydrogen-bond donors (Lipinski definition) is 2. The van der Waals surface area contributed by atoms with Crippen molar-refractivity contribution in [3.05, 3.63) is 90.3 Å². The van der Waals surface area contributed by atoms with Gasteiger partial charge in [0.2, 0.25) is 0 Å². The molecule has 4 aromatic rings. The molecule has 1 amide bonds. The Hall–Kier alpha value is -3.97. The number of carbonyl (C=O) groups is 1. The highest BCUT2D eigenvalue weighted by Gasteiger charge is 2.21. The zero-order chi connectivity index (χ0) is 22.3. The summed E-state index contributed by atoms with van der Waals surface area (Å²) in [6.07, 6.45) is 2.34. The number of carbonyl (C=O) groups excluding carboxylic acids is 1. The third kappa shape index (κ3) is 4.68. The van der Waals surface area contributed by atoms with E-state index in [0.29, 0.717) is 29.8 Å². The number of hydrogen-bond acceptors (Lipinski definition) is 5. The quantitative estimate of drug-likeness (QED) is 0.444. The van der Waals surface area contributed by atoms with Crippen LogP contribution in [0.25, 0.3) is 22.5 Å². The van der Waals surface area contributed by atoms with Crippen LogP contribution in [-0.2, 0) is 17.9 Å². The Balaban J connectivity index is 1.65. The van der Waals surface area contributed by atoms with E-state index in [9.17, 15) is 9.90 Å². The number of aromatic nitrogens is 3. The number of benzene rings is 2. The molecule has 0 saturated carbocycles. The number of nitrogens with one attached hydrogen (secondary N) is 1. The van der Waals surface area contributed by atoms with Gasteiger partial charge in [0.15, 0.2) is 0 Å². The van der Waals surface area contributed by atoms with Crippen molar-refractivity contribution in [2.45, 2.75) is 13.2 Å². The highest BCUT2D eigenvalue weighted by atomic mass is 16.5. The van der Waals surface area contributed by atoms with Crippen molar-refractivity contribution < 1.29 is 14.6 Å². The minimum absolute atomic E-state index is 0.000703. The van der Waals surface area contributed by atoms with Crippen LogP contribution in [0.3, 0.4) is 0 Å². The molecule has 2 aromatic heterocycles. The monoisotopic (exact) mass is 428 g/mol. The van der Waals surface area contributed by atoms with Gasteiger partial charge in [-0.15, -0.1) is 0 Å². The van der Waals surface area contributed by atoms with Gasteiger partial charge in [0.25, 0.3) is 5.91 Å². The molecule has 32 heavy (non-hydrogen) atoms. The number of methoxy groups -OCH3 is 1. The third-order valence-electron chi connectivity index (χ3n) is 5.04. The summed E-state index contributed by atoms with van der Waals surface area (Å²) < 4.78 is 6.95. The first-order valence-corrected chi connectivity index (χ1v) is 10.3. The average molecular weight is 428 g/mol. The molecule has 0 aliphatic heterocycles. The highest BCUT2D eigenvalue weighted by molar-refractivity contribution is 6.02. The second-order valence-corrected chi connectivity index (χ2v) is 7.22. The number of amides is 1. The Kier molecular flexibility index (Phi) is 6.57. The maximum absolute atomic E-state index is 13.0. The molecule has 2 N–H and O–H groups in total. The molecule has 0 spiro atoms. The zero-order valence-electron chi connectivity index (χ0n) is 17.7. The van der Waals surface area contributed by atoms with E-state index < -0.39 is 0 Å². The third-order valence-corrected chi connectivity index (χ3v) is 5.04. The van der Waals surface area contributed by atoms with Crippen LogP contribution in [0.1, 0.15) is 16.1 Å². The molecule has 0 aliphatic rings. The lowest BCUT2D eigenvalue weighted by molar-refractivity contribution is 0.0954. The van der Waals surface area contributed by atoms with Gasteiger partial charge in [0, 0.05) is 37.5 Å². The molecule has 7 heteroatoms. The molecule has 4 rings (SSSR count). The van der Waals surface area contributed by atoms with Gasteiger partial charge in [-0.25, -0.2) is 4.68 Å². The minimum atomic E-state index is -0.279. The maximum atomic E-state index is 13.0. The molecule has 0 bridgehead atoms. The van der Waals surface area contributed by atoms with Crippen LogP contribution in [0.4, 0.5) is 0 Å². The summed E-state index contributed by atoms with van der Waals surface area (Å²) in [4.78, 5) is 17.3. The lowest BCUT2D eigenvalue weighted by Crippen LogP contribution is -2.26. The fourth-order valence-corrected chi connectivity index (χ4v) is 3.53. The van der Waals surface area contributed by atoms with Crippen LogP contribution in [0.2, 0.25) is 0 Å². The first kappa shape index (κ1) is 21.3. The Bertz CT molecular complexity index is 1190. The van der Waals surface area contributed by atoms with E-state index in [2.05, 4.69) is 15.4 Å². The zero-order valence-corrected chi connectivity index (χ0v) is 17.7. The molecule has 0 saturated heterocycles. The number of aromatic hydroxyl groups is 1. The molecule has 0 radical (unpaired) electrons. The van der Waals surface area contributed by atoms with Crippen LogP contribution in [0.15, 0.2) is 79.0 Å². The molecule has 0 unspecified atom stereocenters. The van der Waals surface area contributed by atoms with Gasteiger partial charge in [0.1, 0.15) is 12.5 Å². The molecule has 0 fully saturated rings. The summed E-state index contributed by atoms with van der Waals surface area (Å²) in [6, 6.07) is 22.2. The van der Waals surface area contributed by atoms with Crippen molar-refractivity contribution in [3.8, 4) is 28.3 Å². The topological polar surface area (TPSA) is 89.3 Å². The molecular weight excluding hydrogens is 404 g/mol. The fraction of sp³-hybridized carbons (Fsp3) is 0.160. The van der Waals surface area contributed by atoms with Crippen LogP contribution < -0.4 is 5.32 Å². The van der Waals surface area contributed by atoms with Crippen LogP contribution in [0.5, 0.6) is 5.75 Å². The summed E-state index contributed by atoms with van der Waals surface area (Å²) in [7, 11) is 1.57. The molecule has 7 nitrogen and oxygen atoms in total. The first-order valence-electron chi connectivity index (χ1n) is 10.3. The molecule has 2 heterocycles. The van der Waals surface area contributed by atoms with Gasteiger partial charge in [0.05, 0.1) is 22.5 Å². The van der Waals surface area contributed by atoms with E-state index in [4.69, 9.17) is 4.74 Å². The van der Waals surface area contributed by atoms with Gasteiger partial charge >= 0.3 is 0 Å². The Morgan fingerprint density at radius 2 is 1.88 bits per heavy atom. The molecular formula is C25H24N4O3. The summed E-state index contributed by atoms with van der Waals surface area (Å²) in [5.74, 6) is -0.280. The number of nitrogens with zero attached hydrogens (tertiary/aromatic N) is 3. The summed E-state index contributed by atoms with van der Waals surface area (Å²) >= 11 is 0. The standard InChI is InChI=1S/C25H24N4O3/c1-32-17-29-22(16-21(28-29)18-8-3-2-4-9-18)24-20(11-7-12-23(24)30)25(31)27-15-13-19-10-5-6-14-26-19/h2-12,14,16,30H,13,15,17H2,1H3,(H,27,31). The van der Waals surface area contributed by atoms with Gasteiger partial charge < -0.3 is 15.2 Å². The average Bonchev–Trinajstić information content (AvgIpc) is 3.24. The second-order valence-electron chi connectivity index (χ2n) is 7.22. The van der Waals surface area contributed by atoms with Crippen molar-refractivity contribution in [1.82, 2.24) is 20.1 Å². The minimum Gasteiger partial charge on any atom is -0.507 e.